The molecule has 0 spiro atoms. The maximum absolute atomic E-state index is 13.1. The van der Waals surface area contributed by atoms with Crippen molar-refractivity contribution < 1.29 is 9.18 Å². The molecule has 0 radical (unpaired) electrons. The third-order valence-electron chi connectivity index (χ3n) is 2.37. The van der Waals surface area contributed by atoms with Crippen LogP contribution in [-0.4, -0.2) is 23.9 Å². The summed E-state index contributed by atoms with van der Waals surface area (Å²) in [7, 11) is 0. The van der Waals surface area contributed by atoms with Gasteiger partial charge < -0.3 is 10.6 Å². The molecule has 0 bridgehead atoms. The van der Waals surface area contributed by atoms with Crippen molar-refractivity contribution in [2.24, 2.45) is 0 Å². The highest BCUT2D eigenvalue weighted by Crippen LogP contribution is 2.23. The van der Waals surface area contributed by atoms with E-state index in [9.17, 15) is 9.18 Å². The number of nitrogens with zero attached hydrogens (tertiary/aromatic N) is 1. The van der Waals surface area contributed by atoms with Crippen LogP contribution < -0.4 is 5.73 Å². The molecule has 3 nitrogen and oxygen atoms in total. The third-order valence-corrected chi connectivity index (χ3v) is 2.68. The van der Waals surface area contributed by atoms with Crippen molar-refractivity contribution in [3.8, 4) is 0 Å². The standard InChI is InChI=1S/C11H14ClFN2O/c1-3-15(4-2)11(16)7-5-10(14)9(13)6-8(7)12/h5-6H,3-4,14H2,1-2H3. The van der Waals surface area contributed by atoms with Crippen molar-refractivity contribution in [2.75, 3.05) is 18.8 Å². The molecule has 1 aromatic carbocycles. The summed E-state index contributed by atoms with van der Waals surface area (Å²) in [4.78, 5) is 13.6. The molecule has 0 saturated heterocycles. The first-order valence-corrected chi connectivity index (χ1v) is 5.42. The summed E-state index contributed by atoms with van der Waals surface area (Å²) in [6.45, 7) is 4.87. The minimum Gasteiger partial charge on any atom is -0.396 e. The molecular formula is C11H14ClFN2O. The molecule has 5 heteroatoms. The molecule has 1 rings (SSSR count). The van der Waals surface area contributed by atoms with Gasteiger partial charge in [-0.1, -0.05) is 11.6 Å². The molecule has 0 atom stereocenters. The lowest BCUT2D eigenvalue weighted by Crippen LogP contribution is -2.30. The molecule has 1 aromatic rings. The minimum absolute atomic E-state index is 0.0695. The lowest BCUT2D eigenvalue weighted by molar-refractivity contribution is 0.0773. The van der Waals surface area contributed by atoms with Gasteiger partial charge >= 0.3 is 0 Å². The van der Waals surface area contributed by atoms with Crippen molar-refractivity contribution >= 4 is 23.2 Å². The quantitative estimate of drug-likeness (QED) is 0.831. The summed E-state index contributed by atoms with van der Waals surface area (Å²) < 4.78 is 13.1. The fourth-order valence-electron chi connectivity index (χ4n) is 1.41. The second kappa shape index (κ2) is 5.16. The predicted octanol–water partition coefficient (Wildman–Crippen LogP) is 2.54. The van der Waals surface area contributed by atoms with Crippen molar-refractivity contribution in [1.29, 1.82) is 0 Å². The summed E-state index contributed by atoms with van der Waals surface area (Å²) in [5.41, 5.74) is 5.58. The average Bonchev–Trinajstić information content (AvgIpc) is 2.25. The fraction of sp³-hybridized carbons (Fsp3) is 0.364. The van der Waals surface area contributed by atoms with E-state index in [1.54, 1.807) is 4.90 Å². The summed E-state index contributed by atoms with van der Waals surface area (Å²) in [5, 5.41) is 0.0867. The van der Waals surface area contributed by atoms with E-state index < -0.39 is 5.82 Å². The number of amides is 1. The first kappa shape index (κ1) is 12.8. The Morgan fingerprint density at radius 3 is 2.50 bits per heavy atom. The van der Waals surface area contributed by atoms with Gasteiger partial charge in [0, 0.05) is 13.1 Å². The van der Waals surface area contributed by atoms with Gasteiger partial charge in [0.25, 0.3) is 5.91 Å². The van der Waals surface area contributed by atoms with Crippen LogP contribution in [0.25, 0.3) is 0 Å². The van der Waals surface area contributed by atoms with Crippen LogP contribution in [0.2, 0.25) is 5.02 Å². The Labute approximate surface area is 99.0 Å². The van der Waals surface area contributed by atoms with Crippen LogP contribution in [0.1, 0.15) is 24.2 Å². The van der Waals surface area contributed by atoms with Gasteiger partial charge in [0.15, 0.2) is 0 Å². The van der Waals surface area contributed by atoms with E-state index in [0.717, 1.165) is 6.07 Å². The zero-order chi connectivity index (χ0) is 12.3. The number of anilines is 1. The number of rotatable bonds is 3. The number of hydrogen-bond donors (Lipinski definition) is 1. The van der Waals surface area contributed by atoms with Gasteiger partial charge in [0.2, 0.25) is 0 Å². The van der Waals surface area contributed by atoms with E-state index in [1.165, 1.54) is 6.07 Å². The normalized spacial score (nSPS) is 10.2. The lowest BCUT2D eigenvalue weighted by atomic mass is 10.1. The zero-order valence-electron chi connectivity index (χ0n) is 9.26. The van der Waals surface area contributed by atoms with E-state index in [0.29, 0.717) is 13.1 Å². The molecule has 16 heavy (non-hydrogen) atoms. The van der Waals surface area contributed by atoms with Crippen LogP contribution in [0.15, 0.2) is 12.1 Å². The first-order chi connectivity index (χ1) is 7.51. The number of benzene rings is 1. The maximum Gasteiger partial charge on any atom is 0.255 e. The van der Waals surface area contributed by atoms with Crippen molar-refractivity contribution in [2.45, 2.75) is 13.8 Å². The Bertz CT molecular complexity index is 405. The predicted molar refractivity (Wildman–Crippen MR) is 63.1 cm³/mol. The molecule has 0 saturated carbocycles. The van der Waals surface area contributed by atoms with Gasteiger partial charge in [0.05, 0.1) is 16.3 Å². The van der Waals surface area contributed by atoms with Crippen molar-refractivity contribution in [1.82, 2.24) is 4.90 Å². The van der Waals surface area contributed by atoms with E-state index >= 15 is 0 Å². The highest BCUT2D eigenvalue weighted by Gasteiger charge is 2.17. The van der Waals surface area contributed by atoms with Gasteiger partial charge in [-0.15, -0.1) is 0 Å². The first-order valence-electron chi connectivity index (χ1n) is 5.05. The topological polar surface area (TPSA) is 46.3 Å². The summed E-state index contributed by atoms with van der Waals surface area (Å²) >= 11 is 5.81. The molecule has 0 unspecified atom stereocenters. The van der Waals surface area contributed by atoms with Crippen molar-refractivity contribution in [3.63, 3.8) is 0 Å². The van der Waals surface area contributed by atoms with E-state index in [1.807, 2.05) is 13.8 Å². The average molecular weight is 245 g/mol. The third kappa shape index (κ3) is 2.44. The number of nitrogen functional groups attached to an aromatic ring is 1. The van der Waals surface area contributed by atoms with Gasteiger partial charge in [-0.25, -0.2) is 4.39 Å². The highest BCUT2D eigenvalue weighted by atomic mass is 35.5. The summed E-state index contributed by atoms with van der Waals surface area (Å²) in [6.07, 6.45) is 0. The van der Waals surface area contributed by atoms with Crippen LogP contribution >= 0.6 is 11.6 Å². The molecule has 0 fully saturated rings. The molecule has 0 aliphatic carbocycles. The number of hydrogen-bond acceptors (Lipinski definition) is 2. The second-order valence-electron chi connectivity index (χ2n) is 3.33. The molecule has 0 aromatic heterocycles. The fourth-order valence-corrected chi connectivity index (χ4v) is 1.64. The SMILES string of the molecule is CCN(CC)C(=O)c1cc(N)c(F)cc1Cl. The monoisotopic (exact) mass is 244 g/mol. The number of nitrogens with two attached hydrogens (primary N) is 1. The summed E-state index contributed by atoms with van der Waals surface area (Å²) in [6, 6.07) is 2.34. The Kier molecular flexibility index (Phi) is 4.12. The maximum atomic E-state index is 13.1. The highest BCUT2D eigenvalue weighted by molar-refractivity contribution is 6.34. The number of halogens is 2. The Balaban J connectivity index is 3.13. The molecule has 1 amide bonds. The summed E-state index contributed by atoms with van der Waals surface area (Å²) in [5.74, 6) is -0.845. The Morgan fingerprint density at radius 2 is 2.00 bits per heavy atom. The van der Waals surface area contributed by atoms with Gasteiger partial charge in [0.1, 0.15) is 5.82 Å². The second-order valence-corrected chi connectivity index (χ2v) is 3.74. The van der Waals surface area contributed by atoms with Gasteiger partial charge in [-0.2, -0.15) is 0 Å². The number of carbonyl (C=O) groups is 1. The van der Waals surface area contributed by atoms with Crippen LogP contribution in [0.5, 0.6) is 0 Å². The van der Waals surface area contributed by atoms with Gasteiger partial charge in [-0.05, 0) is 26.0 Å². The van der Waals surface area contributed by atoms with Gasteiger partial charge in [-0.3, -0.25) is 4.79 Å². The van der Waals surface area contributed by atoms with Crippen molar-refractivity contribution in [3.05, 3.63) is 28.5 Å². The Hall–Kier alpha value is -1.29. The smallest absolute Gasteiger partial charge is 0.255 e. The molecule has 0 heterocycles. The zero-order valence-corrected chi connectivity index (χ0v) is 10.0. The lowest BCUT2D eigenvalue weighted by Gasteiger charge is -2.19. The van der Waals surface area contributed by atoms with E-state index in [4.69, 9.17) is 17.3 Å². The largest absolute Gasteiger partial charge is 0.396 e. The van der Waals surface area contributed by atoms with Crippen LogP contribution in [0.4, 0.5) is 10.1 Å². The molecule has 0 aliphatic rings. The van der Waals surface area contributed by atoms with Crippen LogP contribution in [-0.2, 0) is 0 Å². The number of carbonyl (C=O) groups excluding carboxylic acids is 1. The molecular weight excluding hydrogens is 231 g/mol. The molecule has 2 N–H and O–H groups in total. The minimum atomic E-state index is -0.610. The van der Waals surface area contributed by atoms with Crippen LogP contribution in [0, 0.1) is 5.82 Å². The van der Waals surface area contributed by atoms with Crippen LogP contribution in [0.3, 0.4) is 0 Å². The Morgan fingerprint density at radius 1 is 1.44 bits per heavy atom. The van der Waals surface area contributed by atoms with E-state index in [2.05, 4.69) is 0 Å². The molecule has 88 valence electrons. The van der Waals surface area contributed by atoms with E-state index in [-0.39, 0.29) is 22.2 Å². The molecule has 0 aliphatic heterocycles.